The predicted molar refractivity (Wildman–Crippen MR) is 194 cm³/mol. The number of sulfonamides is 1. The van der Waals surface area contributed by atoms with Gasteiger partial charge in [0.25, 0.3) is 0 Å². The van der Waals surface area contributed by atoms with Crippen molar-refractivity contribution in [3.8, 4) is 5.75 Å². The smallest absolute Gasteiger partial charge is 0.335 e. The number of rotatable bonds is 14. The van der Waals surface area contributed by atoms with E-state index >= 15 is 0 Å². The fourth-order valence-electron chi connectivity index (χ4n) is 6.52. The highest BCUT2D eigenvalue weighted by Crippen LogP contribution is 2.38. The molecule has 0 aliphatic rings. The number of aromatic carboxylic acids is 1. The minimum atomic E-state index is -3.87. The predicted octanol–water partition coefficient (Wildman–Crippen LogP) is 8.34. The topological polar surface area (TPSA) is 97.6 Å². The number of carbonyl (C=O) groups is 1. The summed E-state index contributed by atoms with van der Waals surface area (Å²) in [6, 6.07) is 39.9. The van der Waals surface area contributed by atoms with Crippen molar-refractivity contribution in [3.63, 3.8) is 0 Å². The lowest BCUT2D eigenvalue weighted by Crippen LogP contribution is -2.27. The number of carboxylic acids is 1. The van der Waals surface area contributed by atoms with Crippen molar-refractivity contribution in [1.29, 1.82) is 0 Å². The van der Waals surface area contributed by atoms with Crippen molar-refractivity contribution in [2.24, 2.45) is 0 Å². The van der Waals surface area contributed by atoms with E-state index in [1.54, 1.807) is 30.3 Å². The van der Waals surface area contributed by atoms with Crippen LogP contribution in [0, 0.1) is 0 Å². The average Bonchev–Trinajstić information content (AvgIpc) is 3.40. The van der Waals surface area contributed by atoms with Gasteiger partial charge in [0, 0.05) is 34.6 Å². The van der Waals surface area contributed by atoms with Crippen molar-refractivity contribution in [3.05, 3.63) is 166 Å². The summed E-state index contributed by atoms with van der Waals surface area (Å²) in [5.74, 6) is -0.669. The number of methoxy groups -OCH3 is 1. The molecule has 49 heavy (non-hydrogen) atoms. The van der Waals surface area contributed by atoms with Gasteiger partial charge in [-0.15, -0.1) is 0 Å². The van der Waals surface area contributed by atoms with E-state index in [9.17, 15) is 18.3 Å². The van der Waals surface area contributed by atoms with Crippen LogP contribution in [0.15, 0.2) is 132 Å². The Morgan fingerprint density at radius 2 is 1.45 bits per heavy atom. The molecule has 9 heteroatoms. The molecule has 0 spiro atoms. The van der Waals surface area contributed by atoms with Crippen LogP contribution in [-0.2, 0) is 29.3 Å². The molecule has 0 aliphatic carbocycles. The number of aryl methyl sites for hydroxylation is 2. The number of para-hydroxylation sites is 1. The van der Waals surface area contributed by atoms with E-state index in [2.05, 4.69) is 33.6 Å². The first kappa shape index (κ1) is 34.0. The fraction of sp³-hybridized carbons (Fsp3) is 0.175. The third kappa shape index (κ3) is 7.57. The summed E-state index contributed by atoms with van der Waals surface area (Å²) in [4.78, 5) is 11.5. The number of hydrogen-bond acceptors (Lipinski definition) is 4. The second kappa shape index (κ2) is 15.1. The molecule has 1 heterocycles. The minimum Gasteiger partial charge on any atom is -0.495 e. The second-order valence-electron chi connectivity index (χ2n) is 11.8. The zero-order valence-electron chi connectivity index (χ0n) is 27.1. The molecule has 0 saturated carbocycles. The monoisotopic (exact) mass is 692 g/mol. The molecular weight excluding hydrogens is 656 g/mol. The number of aromatic nitrogens is 1. The van der Waals surface area contributed by atoms with E-state index in [1.807, 2.05) is 66.7 Å². The van der Waals surface area contributed by atoms with E-state index in [0.717, 1.165) is 51.7 Å². The van der Waals surface area contributed by atoms with E-state index in [-0.39, 0.29) is 28.8 Å². The Kier molecular flexibility index (Phi) is 10.5. The third-order valence-corrected chi connectivity index (χ3v) is 10.5. The quantitative estimate of drug-likeness (QED) is 0.120. The summed E-state index contributed by atoms with van der Waals surface area (Å²) in [5.41, 5.74) is 6.62. The number of ether oxygens (including phenoxy) is 1. The molecule has 0 aliphatic heterocycles. The number of benzene rings is 5. The molecule has 0 amide bonds. The van der Waals surface area contributed by atoms with Crippen LogP contribution in [0.4, 0.5) is 0 Å². The van der Waals surface area contributed by atoms with Crippen molar-refractivity contribution >= 4 is 38.5 Å². The first-order valence-electron chi connectivity index (χ1n) is 16.1. The van der Waals surface area contributed by atoms with Crippen molar-refractivity contribution in [2.75, 3.05) is 13.7 Å². The Balaban J connectivity index is 1.43. The molecule has 2 N–H and O–H groups in total. The van der Waals surface area contributed by atoms with E-state index in [0.29, 0.717) is 17.9 Å². The normalized spacial score (nSPS) is 11.7. The van der Waals surface area contributed by atoms with Gasteiger partial charge >= 0.3 is 5.97 Å². The van der Waals surface area contributed by atoms with E-state index < -0.39 is 16.0 Å². The van der Waals surface area contributed by atoms with Crippen molar-refractivity contribution in [2.45, 2.75) is 36.6 Å². The summed E-state index contributed by atoms with van der Waals surface area (Å²) < 4.78 is 37.5. The highest BCUT2D eigenvalue weighted by atomic mass is 35.5. The van der Waals surface area contributed by atoms with Gasteiger partial charge in [-0.05, 0) is 84.0 Å². The maximum Gasteiger partial charge on any atom is 0.335 e. The number of hydrogen-bond donors (Lipinski definition) is 2. The molecule has 0 atom stereocenters. The maximum atomic E-state index is 13.5. The van der Waals surface area contributed by atoms with Crippen molar-refractivity contribution < 1.29 is 23.1 Å². The van der Waals surface area contributed by atoms with Gasteiger partial charge < -0.3 is 14.4 Å². The van der Waals surface area contributed by atoms with Gasteiger partial charge in [0.2, 0.25) is 10.0 Å². The fourth-order valence-corrected chi connectivity index (χ4v) is 7.89. The molecule has 0 saturated heterocycles. The molecule has 7 nitrogen and oxygen atoms in total. The highest BCUT2D eigenvalue weighted by Gasteiger charge is 2.26. The summed E-state index contributed by atoms with van der Waals surface area (Å²) in [7, 11) is -2.41. The molecule has 5 aromatic carbocycles. The number of fused-ring (bicyclic) bond motifs is 1. The summed E-state index contributed by atoms with van der Waals surface area (Å²) in [6.07, 6.45) is 2.65. The van der Waals surface area contributed by atoms with Gasteiger partial charge in [-0.25, -0.2) is 17.9 Å². The second-order valence-corrected chi connectivity index (χ2v) is 14.0. The zero-order chi connectivity index (χ0) is 34.4. The van der Waals surface area contributed by atoms with Crippen LogP contribution >= 0.6 is 11.6 Å². The summed E-state index contributed by atoms with van der Waals surface area (Å²) in [5, 5.41) is 11.0. The lowest BCUT2D eigenvalue weighted by Gasteiger charge is -2.25. The molecule has 6 aromatic rings. The molecule has 0 fully saturated rings. The van der Waals surface area contributed by atoms with Crippen LogP contribution in [-0.4, -0.2) is 37.7 Å². The highest BCUT2D eigenvalue weighted by molar-refractivity contribution is 7.89. The largest absolute Gasteiger partial charge is 0.495 e. The van der Waals surface area contributed by atoms with Gasteiger partial charge in [-0.3, -0.25) is 0 Å². The van der Waals surface area contributed by atoms with Gasteiger partial charge in [-0.2, -0.15) is 0 Å². The zero-order valence-corrected chi connectivity index (χ0v) is 28.6. The SMILES string of the molecule is COc1ccccc1S(=O)(=O)NCCc1c(CCCc2ccc(C(=O)O)cc2)c2cc(Cl)ccc2n1C(c1ccccc1)c1ccccc1. The number of carboxylic acid groups (broad SMARTS) is 1. The Hall–Kier alpha value is -4.89. The summed E-state index contributed by atoms with van der Waals surface area (Å²) in [6.45, 7) is 0.157. The lowest BCUT2D eigenvalue weighted by molar-refractivity contribution is 0.0697. The standard InChI is InChI=1S/C40H37ClN2O5S/c1-48-37-17-8-9-18-38(37)49(46,47)42-26-25-36-33(16-10-11-28-19-21-31(22-20-28)40(44)45)34-27-32(41)23-24-35(34)43(36)39(29-12-4-2-5-13-29)30-14-6-3-7-15-30/h2-9,12-15,17-24,27,39,42H,10-11,16,25-26H2,1H3,(H,44,45). The molecule has 0 unspecified atom stereocenters. The third-order valence-electron chi connectivity index (χ3n) is 8.78. The van der Waals surface area contributed by atoms with Crippen LogP contribution in [0.1, 0.15) is 50.8 Å². The number of nitrogens with one attached hydrogen (secondary N) is 1. The number of nitrogens with zero attached hydrogens (tertiary/aromatic N) is 1. The molecule has 250 valence electrons. The first-order valence-corrected chi connectivity index (χ1v) is 18.0. The van der Waals surface area contributed by atoms with Crippen LogP contribution in [0.5, 0.6) is 5.75 Å². The average molecular weight is 693 g/mol. The Labute approximate surface area is 291 Å². The van der Waals surface area contributed by atoms with E-state index in [4.69, 9.17) is 16.3 Å². The van der Waals surface area contributed by atoms with Gasteiger partial charge in [-0.1, -0.05) is 96.5 Å². The Bertz CT molecular complexity index is 2130. The first-order chi connectivity index (χ1) is 23.8. The van der Waals surface area contributed by atoms with Crippen LogP contribution in [0.3, 0.4) is 0 Å². The Morgan fingerprint density at radius 1 is 0.816 bits per heavy atom. The van der Waals surface area contributed by atoms with Gasteiger partial charge in [0.1, 0.15) is 10.6 Å². The van der Waals surface area contributed by atoms with Gasteiger partial charge in [0.15, 0.2) is 0 Å². The summed E-state index contributed by atoms with van der Waals surface area (Å²) >= 11 is 6.64. The van der Waals surface area contributed by atoms with E-state index in [1.165, 1.54) is 13.2 Å². The molecule has 0 radical (unpaired) electrons. The minimum absolute atomic E-state index is 0.0883. The Morgan fingerprint density at radius 3 is 2.08 bits per heavy atom. The molecule has 1 aromatic heterocycles. The van der Waals surface area contributed by atoms with Crippen LogP contribution in [0.2, 0.25) is 5.02 Å². The molecule has 0 bridgehead atoms. The molecular formula is C40H37ClN2O5S. The maximum absolute atomic E-state index is 13.5. The number of halogens is 1. The van der Waals surface area contributed by atoms with Crippen molar-refractivity contribution in [1.82, 2.24) is 9.29 Å². The lowest BCUT2D eigenvalue weighted by atomic mass is 9.97. The van der Waals surface area contributed by atoms with Crippen LogP contribution < -0.4 is 9.46 Å². The van der Waals surface area contributed by atoms with Gasteiger partial charge in [0.05, 0.1) is 18.7 Å². The molecule has 6 rings (SSSR count). The van der Waals surface area contributed by atoms with Crippen LogP contribution in [0.25, 0.3) is 10.9 Å².